The summed E-state index contributed by atoms with van der Waals surface area (Å²) < 4.78 is 0. The van der Waals surface area contributed by atoms with Crippen molar-refractivity contribution in [2.75, 3.05) is 0 Å². The Morgan fingerprint density at radius 1 is 0.929 bits per heavy atom. The van der Waals surface area contributed by atoms with E-state index in [9.17, 15) is 10.4 Å². The topological polar surface area (TPSA) is 117 Å². The molecule has 0 saturated heterocycles. The van der Waals surface area contributed by atoms with E-state index in [4.69, 9.17) is 10.4 Å². The molecule has 2 atom stereocenters. The van der Waals surface area contributed by atoms with E-state index in [0.717, 1.165) is 12.8 Å². The lowest BCUT2D eigenvalue weighted by molar-refractivity contribution is -0.680. The zero-order valence-electron chi connectivity index (χ0n) is 7.48. The minimum atomic E-state index is -0.748. The fourth-order valence-corrected chi connectivity index (χ4v) is 1.74. The van der Waals surface area contributed by atoms with Crippen molar-refractivity contribution in [1.82, 2.24) is 0 Å². The van der Waals surface area contributed by atoms with E-state index < -0.39 is 12.1 Å². The van der Waals surface area contributed by atoms with Gasteiger partial charge in [-0.3, -0.25) is 0 Å². The Kier molecular flexibility index (Phi) is 3.43. The fraction of sp³-hybridized carbons (Fsp3) is 1.00. The third-order valence-corrected chi connectivity index (χ3v) is 2.44. The summed E-state index contributed by atoms with van der Waals surface area (Å²) >= 11 is 0. The SMILES string of the molecule is [O-][N+](=NO)[C@@H]1CCCC[C@H]1[N+]([O-])=NO. The van der Waals surface area contributed by atoms with Gasteiger partial charge in [0.2, 0.25) is 0 Å². The molecule has 0 aromatic heterocycles. The molecule has 14 heavy (non-hydrogen) atoms. The molecule has 0 spiro atoms. The molecule has 0 heterocycles. The summed E-state index contributed by atoms with van der Waals surface area (Å²) in [5.74, 6) is 0. The maximum absolute atomic E-state index is 11.0. The highest BCUT2D eigenvalue weighted by atomic mass is 16.6. The van der Waals surface area contributed by atoms with Crippen molar-refractivity contribution in [2.24, 2.45) is 10.6 Å². The largest absolute Gasteiger partial charge is 0.597 e. The molecule has 8 nitrogen and oxygen atoms in total. The minimum Gasteiger partial charge on any atom is -0.597 e. The second-order valence-electron chi connectivity index (χ2n) is 3.20. The van der Waals surface area contributed by atoms with Gasteiger partial charge in [-0.15, -0.1) is 0 Å². The molecule has 0 aromatic rings. The molecule has 0 aromatic carbocycles. The summed E-state index contributed by atoms with van der Waals surface area (Å²) in [7, 11) is 0. The first-order valence-corrected chi connectivity index (χ1v) is 4.33. The summed E-state index contributed by atoms with van der Waals surface area (Å²) in [6, 6.07) is -1.50. The van der Waals surface area contributed by atoms with Crippen LogP contribution in [-0.4, -0.2) is 32.2 Å². The van der Waals surface area contributed by atoms with Crippen LogP contribution in [0.1, 0.15) is 25.7 Å². The zero-order valence-corrected chi connectivity index (χ0v) is 7.48. The van der Waals surface area contributed by atoms with Gasteiger partial charge in [-0.2, -0.15) is 0 Å². The van der Waals surface area contributed by atoms with Crippen molar-refractivity contribution in [3.8, 4) is 0 Å². The molecule has 8 heteroatoms. The minimum absolute atomic E-state index is 0.0832. The molecule has 0 bridgehead atoms. The van der Waals surface area contributed by atoms with Gasteiger partial charge in [-0.05, 0) is 22.6 Å². The smallest absolute Gasteiger partial charge is 0.257 e. The molecule has 0 amide bonds. The Labute approximate surface area is 79.9 Å². The maximum Gasteiger partial charge on any atom is 0.257 e. The lowest BCUT2D eigenvalue weighted by atomic mass is 9.91. The summed E-state index contributed by atoms with van der Waals surface area (Å²) in [4.78, 5) is 0.166. The van der Waals surface area contributed by atoms with Crippen LogP contribution in [0.25, 0.3) is 0 Å². The number of hydrogen-bond donors (Lipinski definition) is 2. The van der Waals surface area contributed by atoms with Crippen LogP contribution >= 0.6 is 0 Å². The van der Waals surface area contributed by atoms with Crippen LogP contribution in [0.2, 0.25) is 0 Å². The molecule has 1 saturated carbocycles. The third-order valence-electron chi connectivity index (χ3n) is 2.44. The number of hydroxylamine groups is 2. The first-order chi connectivity index (χ1) is 6.70. The predicted molar refractivity (Wildman–Crippen MR) is 41.7 cm³/mol. The second-order valence-corrected chi connectivity index (χ2v) is 3.20. The molecule has 1 aliphatic carbocycles. The van der Waals surface area contributed by atoms with Gasteiger partial charge in [-0.25, -0.2) is 0 Å². The Balaban J connectivity index is 2.79. The van der Waals surface area contributed by atoms with Crippen molar-refractivity contribution in [3.05, 3.63) is 10.4 Å². The van der Waals surface area contributed by atoms with Gasteiger partial charge in [0.25, 0.3) is 12.1 Å². The third kappa shape index (κ3) is 2.01. The van der Waals surface area contributed by atoms with Crippen LogP contribution in [0.4, 0.5) is 0 Å². The molecule has 1 aliphatic rings. The van der Waals surface area contributed by atoms with Gasteiger partial charge in [0.15, 0.2) is 10.6 Å². The van der Waals surface area contributed by atoms with Crippen LogP contribution in [0.15, 0.2) is 10.6 Å². The molecular formula is C6H12N4O4. The maximum atomic E-state index is 11.0. The summed E-state index contributed by atoms with van der Waals surface area (Å²) in [5, 5.41) is 43.5. The summed E-state index contributed by atoms with van der Waals surface area (Å²) in [5.41, 5.74) is 0. The Morgan fingerprint density at radius 2 is 1.29 bits per heavy atom. The number of hydrogen-bond acceptors (Lipinski definition) is 4. The number of rotatable bonds is 2. The van der Waals surface area contributed by atoms with Crippen LogP contribution in [0.3, 0.4) is 0 Å². The van der Waals surface area contributed by atoms with Crippen LogP contribution in [0, 0.1) is 10.4 Å². The highest BCUT2D eigenvalue weighted by Gasteiger charge is 2.40. The van der Waals surface area contributed by atoms with E-state index >= 15 is 0 Å². The lowest BCUT2D eigenvalue weighted by Crippen LogP contribution is -2.42. The van der Waals surface area contributed by atoms with Crippen molar-refractivity contribution >= 4 is 0 Å². The Bertz CT molecular complexity index is 228. The highest BCUT2D eigenvalue weighted by molar-refractivity contribution is 4.73. The van der Waals surface area contributed by atoms with Crippen LogP contribution < -0.4 is 0 Å². The van der Waals surface area contributed by atoms with Gasteiger partial charge < -0.3 is 20.8 Å². The first-order valence-electron chi connectivity index (χ1n) is 4.33. The molecule has 1 rings (SSSR count). The van der Waals surface area contributed by atoms with Gasteiger partial charge in [0, 0.05) is 12.8 Å². The molecular weight excluding hydrogens is 192 g/mol. The fourth-order valence-electron chi connectivity index (χ4n) is 1.74. The summed E-state index contributed by atoms with van der Waals surface area (Å²) in [6.45, 7) is 0. The lowest BCUT2D eigenvalue weighted by Gasteiger charge is -2.22. The van der Waals surface area contributed by atoms with Gasteiger partial charge in [-0.1, -0.05) is 0 Å². The molecule has 0 aliphatic heterocycles. The zero-order chi connectivity index (χ0) is 10.6. The normalized spacial score (nSPS) is 30.3. The van der Waals surface area contributed by atoms with Gasteiger partial charge >= 0.3 is 0 Å². The van der Waals surface area contributed by atoms with E-state index in [1.165, 1.54) is 0 Å². The molecule has 1 fully saturated rings. The van der Waals surface area contributed by atoms with E-state index in [2.05, 4.69) is 10.6 Å². The average molecular weight is 204 g/mol. The van der Waals surface area contributed by atoms with Gasteiger partial charge in [0.05, 0.1) is 0 Å². The van der Waals surface area contributed by atoms with Crippen molar-refractivity contribution in [1.29, 1.82) is 0 Å². The van der Waals surface area contributed by atoms with Crippen molar-refractivity contribution in [2.45, 2.75) is 37.8 Å². The van der Waals surface area contributed by atoms with Gasteiger partial charge in [0.1, 0.15) is 0 Å². The predicted octanol–water partition coefficient (Wildman–Crippen LogP) is 1.00. The average Bonchev–Trinajstić information content (AvgIpc) is 2.27. The van der Waals surface area contributed by atoms with Crippen molar-refractivity contribution in [3.63, 3.8) is 0 Å². The van der Waals surface area contributed by atoms with E-state index in [1.807, 2.05) is 0 Å². The Morgan fingerprint density at radius 3 is 1.57 bits per heavy atom. The molecule has 2 N–H and O–H groups in total. The second kappa shape index (κ2) is 4.58. The van der Waals surface area contributed by atoms with E-state index in [0.29, 0.717) is 12.8 Å². The molecule has 80 valence electrons. The first kappa shape index (κ1) is 10.5. The standard InChI is InChI=1S/C6H12N4O4/c11-7-9(13)5-3-1-2-4-6(5)10(14)8-12/h5-6,11-12H,1-4H2/t5-,6-/m1/s1. The quantitative estimate of drug-likeness (QED) is 0.396. The van der Waals surface area contributed by atoms with Crippen LogP contribution in [-0.2, 0) is 0 Å². The van der Waals surface area contributed by atoms with E-state index in [-0.39, 0.29) is 9.72 Å². The number of nitrogens with zero attached hydrogens (tertiary/aromatic N) is 4. The van der Waals surface area contributed by atoms with Crippen LogP contribution in [0.5, 0.6) is 0 Å². The molecule has 0 radical (unpaired) electrons. The monoisotopic (exact) mass is 204 g/mol. The highest BCUT2D eigenvalue weighted by Crippen LogP contribution is 2.23. The van der Waals surface area contributed by atoms with E-state index in [1.54, 1.807) is 0 Å². The Hall–Kier alpha value is -1.60. The van der Waals surface area contributed by atoms with Crippen molar-refractivity contribution < 1.29 is 20.1 Å². The molecule has 0 unspecified atom stereocenters. The summed E-state index contributed by atoms with van der Waals surface area (Å²) in [6.07, 6.45) is 2.47.